The minimum absolute atomic E-state index is 0.109. The maximum atomic E-state index is 12.2. The summed E-state index contributed by atoms with van der Waals surface area (Å²) in [5.74, 6) is 0.601. The molecule has 4 heteroatoms. The lowest BCUT2D eigenvalue weighted by atomic mass is 10.0. The van der Waals surface area contributed by atoms with Gasteiger partial charge in [0.2, 0.25) is 0 Å². The van der Waals surface area contributed by atoms with Gasteiger partial charge in [-0.25, -0.2) is 0 Å². The van der Waals surface area contributed by atoms with Crippen molar-refractivity contribution in [2.45, 2.75) is 27.2 Å². The van der Waals surface area contributed by atoms with E-state index >= 15 is 0 Å². The molecule has 4 nitrogen and oxygen atoms in total. The molecule has 2 rings (SSSR count). The van der Waals surface area contributed by atoms with Gasteiger partial charge in [0.25, 0.3) is 0 Å². The van der Waals surface area contributed by atoms with Crippen LogP contribution in [0.3, 0.4) is 0 Å². The average molecular weight is 326 g/mol. The van der Waals surface area contributed by atoms with E-state index in [2.05, 4.69) is 0 Å². The largest absolute Gasteiger partial charge is 0.508 e. The molecule has 2 N–H and O–H groups in total. The third-order valence-corrected chi connectivity index (χ3v) is 3.67. The van der Waals surface area contributed by atoms with Gasteiger partial charge in [0, 0.05) is 5.56 Å². The van der Waals surface area contributed by atoms with Gasteiger partial charge < -0.3 is 14.9 Å². The van der Waals surface area contributed by atoms with Gasteiger partial charge >= 0.3 is 0 Å². The van der Waals surface area contributed by atoms with Crippen LogP contribution in [0.5, 0.6) is 17.2 Å². The number of carbonyl (C=O) groups is 1. The molecule has 0 aliphatic heterocycles. The third kappa shape index (κ3) is 3.96. The SMILES string of the molecule is CCCOc1c(C)cc(C)c(O)c1C=CC(=O)c1ccc(O)cc1. The highest BCUT2D eigenvalue weighted by Gasteiger charge is 2.13. The predicted molar refractivity (Wildman–Crippen MR) is 94.8 cm³/mol. The van der Waals surface area contributed by atoms with Crippen LogP contribution < -0.4 is 4.74 Å². The molecule has 0 saturated carbocycles. The number of phenolic OH excluding ortho intramolecular Hbond substituents is 2. The lowest BCUT2D eigenvalue weighted by Gasteiger charge is -2.15. The summed E-state index contributed by atoms with van der Waals surface area (Å²) in [4.78, 5) is 12.2. The zero-order valence-electron chi connectivity index (χ0n) is 14.2. The summed E-state index contributed by atoms with van der Waals surface area (Å²) in [6.45, 7) is 6.27. The number of carbonyl (C=O) groups excluding carboxylic acids is 1. The molecule has 2 aromatic carbocycles. The second-order valence-electron chi connectivity index (χ2n) is 5.69. The Labute approximate surface area is 142 Å². The molecule has 126 valence electrons. The van der Waals surface area contributed by atoms with Crippen LogP contribution in [0.1, 0.15) is 40.4 Å². The summed E-state index contributed by atoms with van der Waals surface area (Å²) >= 11 is 0. The molecular weight excluding hydrogens is 304 g/mol. The lowest BCUT2D eigenvalue weighted by molar-refractivity contribution is 0.104. The second-order valence-corrected chi connectivity index (χ2v) is 5.69. The van der Waals surface area contributed by atoms with Crippen molar-refractivity contribution in [1.82, 2.24) is 0 Å². The number of aryl methyl sites for hydroxylation is 2. The molecule has 0 amide bonds. The summed E-state index contributed by atoms with van der Waals surface area (Å²) in [6.07, 6.45) is 3.83. The third-order valence-electron chi connectivity index (χ3n) is 3.67. The van der Waals surface area contributed by atoms with Crippen LogP contribution in [0.4, 0.5) is 0 Å². The molecule has 0 atom stereocenters. The first kappa shape index (κ1) is 17.6. The van der Waals surface area contributed by atoms with Gasteiger partial charge in [-0.05, 0) is 73.9 Å². The minimum atomic E-state index is -0.213. The summed E-state index contributed by atoms with van der Waals surface area (Å²) in [5, 5.41) is 19.6. The van der Waals surface area contributed by atoms with Crippen molar-refractivity contribution in [3.05, 3.63) is 58.7 Å². The molecule has 0 aliphatic rings. The molecule has 0 bridgehead atoms. The average Bonchev–Trinajstić information content (AvgIpc) is 2.56. The Morgan fingerprint density at radius 3 is 2.42 bits per heavy atom. The summed E-state index contributed by atoms with van der Waals surface area (Å²) in [7, 11) is 0. The van der Waals surface area contributed by atoms with E-state index in [1.165, 1.54) is 18.2 Å². The van der Waals surface area contributed by atoms with Crippen molar-refractivity contribution in [3.8, 4) is 17.2 Å². The van der Waals surface area contributed by atoms with Gasteiger partial charge in [-0.1, -0.05) is 6.92 Å². The van der Waals surface area contributed by atoms with Crippen LogP contribution >= 0.6 is 0 Å². The van der Waals surface area contributed by atoms with E-state index in [0.717, 1.165) is 17.5 Å². The summed E-state index contributed by atoms with van der Waals surface area (Å²) in [5.41, 5.74) is 2.61. The van der Waals surface area contributed by atoms with Gasteiger partial charge in [-0.2, -0.15) is 0 Å². The first-order chi connectivity index (χ1) is 11.4. The number of ketones is 1. The molecule has 0 aromatic heterocycles. The predicted octanol–water partition coefficient (Wildman–Crippen LogP) is 4.40. The van der Waals surface area contributed by atoms with Crippen molar-refractivity contribution < 1.29 is 19.7 Å². The number of hydrogen-bond donors (Lipinski definition) is 2. The molecule has 24 heavy (non-hydrogen) atoms. The van der Waals surface area contributed by atoms with Crippen LogP contribution in [-0.4, -0.2) is 22.6 Å². The van der Waals surface area contributed by atoms with E-state index in [4.69, 9.17) is 4.74 Å². The number of rotatable bonds is 6. The monoisotopic (exact) mass is 326 g/mol. The highest BCUT2D eigenvalue weighted by atomic mass is 16.5. The molecule has 0 radical (unpaired) electrons. The molecule has 0 saturated heterocycles. The van der Waals surface area contributed by atoms with Gasteiger partial charge in [-0.15, -0.1) is 0 Å². The maximum absolute atomic E-state index is 12.2. The Morgan fingerprint density at radius 2 is 1.79 bits per heavy atom. The second kappa shape index (κ2) is 7.68. The molecular formula is C20H22O4. The van der Waals surface area contributed by atoms with Crippen LogP contribution in [0.2, 0.25) is 0 Å². The number of benzene rings is 2. The Balaban J connectivity index is 2.36. The van der Waals surface area contributed by atoms with Gasteiger partial charge in [0.1, 0.15) is 17.2 Å². The van der Waals surface area contributed by atoms with Crippen molar-refractivity contribution in [2.75, 3.05) is 6.61 Å². The number of ether oxygens (including phenoxy) is 1. The number of phenols is 2. The van der Waals surface area contributed by atoms with Gasteiger partial charge in [0.05, 0.1) is 12.2 Å². The van der Waals surface area contributed by atoms with E-state index in [0.29, 0.717) is 23.5 Å². The van der Waals surface area contributed by atoms with E-state index in [1.807, 2.05) is 26.8 Å². The first-order valence-corrected chi connectivity index (χ1v) is 7.91. The fourth-order valence-corrected chi connectivity index (χ4v) is 2.42. The smallest absolute Gasteiger partial charge is 0.185 e. The quantitative estimate of drug-likeness (QED) is 0.610. The van der Waals surface area contributed by atoms with E-state index in [1.54, 1.807) is 18.2 Å². The molecule has 0 aliphatic carbocycles. The van der Waals surface area contributed by atoms with Crippen LogP contribution in [0.25, 0.3) is 6.08 Å². The number of allylic oxidation sites excluding steroid dienone is 1. The highest BCUT2D eigenvalue weighted by molar-refractivity contribution is 6.07. The minimum Gasteiger partial charge on any atom is -0.508 e. The topological polar surface area (TPSA) is 66.8 Å². The van der Waals surface area contributed by atoms with Crippen molar-refractivity contribution >= 4 is 11.9 Å². The van der Waals surface area contributed by atoms with Crippen LogP contribution in [0.15, 0.2) is 36.4 Å². The fourth-order valence-electron chi connectivity index (χ4n) is 2.42. The number of hydrogen-bond acceptors (Lipinski definition) is 4. The Kier molecular flexibility index (Phi) is 5.64. The zero-order valence-corrected chi connectivity index (χ0v) is 14.2. The van der Waals surface area contributed by atoms with Crippen molar-refractivity contribution in [1.29, 1.82) is 0 Å². The van der Waals surface area contributed by atoms with Crippen molar-refractivity contribution in [2.24, 2.45) is 0 Å². The van der Waals surface area contributed by atoms with Crippen molar-refractivity contribution in [3.63, 3.8) is 0 Å². The fraction of sp³-hybridized carbons (Fsp3) is 0.250. The Morgan fingerprint density at radius 1 is 1.12 bits per heavy atom. The van der Waals surface area contributed by atoms with Crippen LogP contribution in [-0.2, 0) is 0 Å². The maximum Gasteiger partial charge on any atom is 0.185 e. The normalized spacial score (nSPS) is 11.0. The van der Waals surface area contributed by atoms with E-state index in [9.17, 15) is 15.0 Å². The summed E-state index contributed by atoms with van der Waals surface area (Å²) < 4.78 is 5.75. The molecule has 0 fully saturated rings. The van der Waals surface area contributed by atoms with E-state index < -0.39 is 0 Å². The standard InChI is InChI=1S/C20H22O4/c1-4-11-24-20-14(3)12-13(2)19(23)17(20)9-10-18(22)15-5-7-16(21)8-6-15/h5-10,12,21,23H,4,11H2,1-3H3. The molecule has 2 aromatic rings. The Bertz CT molecular complexity index is 758. The highest BCUT2D eigenvalue weighted by Crippen LogP contribution is 2.35. The molecule has 0 heterocycles. The van der Waals surface area contributed by atoms with Crippen LogP contribution in [0, 0.1) is 13.8 Å². The lowest BCUT2D eigenvalue weighted by Crippen LogP contribution is -2.01. The van der Waals surface area contributed by atoms with Gasteiger partial charge in [0.15, 0.2) is 5.78 Å². The first-order valence-electron chi connectivity index (χ1n) is 7.91. The molecule has 0 spiro atoms. The van der Waals surface area contributed by atoms with Gasteiger partial charge in [-0.3, -0.25) is 4.79 Å². The Hall–Kier alpha value is -2.75. The number of aromatic hydroxyl groups is 2. The molecule has 0 unspecified atom stereocenters. The summed E-state index contributed by atoms with van der Waals surface area (Å²) in [6, 6.07) is 7.89. The van der Waals surface area contributed by atoms with E-state index in [-0.39, 0.29) is 17.3 Å². The zero-order chi connectivity index (χ0) is 17.7.